The Morgan fingerprint density at radius 2 is 2.06 bits per heavy atom. The minimum absolute atomic E-state index is 0.272. The highest BCUT2D eigenvalue weighted by Crippen LogP contribution is 2.26. The van der Waals surface area contributed by atoms with Crippen molar-refractivity contribution in [1.82, 2.24) is 0 Å². The van der Waals surface area contributed by atoms with Gasteiger partial charge in [0, 0.05) is 17.7 Å². The molecule has 0 saturated heterocycles. The van der Waals surface area contributed by atoms with E-state index in [1.807, 2.05) is 6.07 Å². The summed E-state index contributed by atoms with van der Waals surface area (Å²) in [5.74, 6) is 0.975. The third-order valence-corrected chi connectivity index (χ3v) is 3.67. The molecule has 0 aromatic heterocycles. The second kappa shape index (κ2) is 6.19. The molecule has 3 heteroatoms. The zero-order valence-electron chi connectivity index (χ0n) is 11.0. The van der Waals surface area contributed by atoms with Gasteiger partial charge in [-0.25, -0.2) is 4.39 Å². The molecule has 2 N–H and O–H groups in total. The van der Waals surface area contributed by atoms with Gasteiger partial charge in [-0.15, -0.1) is 0 Å². The van der Waals surface area contributed by atoms with E-state index in [0.717, 1.165) is 0 Å². The van der Waals surface area contributed by atoms with E-state index in [2.05, 4.69) is 0 Å². The molecule has 1 unspecified atom stereocenters. The molecule has 1 aromatic rings. The van der Waals surface area contributed by atoms with Crippen molar-refractivity contribution in [3.8, 4) is 5.75 Å². The van der Waals surface area contributed by atoms with Crippen molar-refractivity contribution in [3.05, 3.63) is 29.6 Å². The molecule has 0 radical (unpaired) electrons. The predicted molar refractivity (Wildman–Crippen MR) is 71.1 cm³/mol. The normalized spacial score (nSPS) is 18.6. The zero-order valence-corrected chi connectivity index (χ0v) is 11.0. The second-order valence-corrected chi connectivity index (χ2v) is 5.29. The third kappa shape index (κ3) is 3.45. The van der Waals surface area contributed by atoms with Gasteiger partial charge in [0.1, 0.15) is 11.6 Å². The van der Waals surface area contributed by atoms with Crippen LogP contribution in [0.4, 0.5) is 4.39 Å². The van der Waals surface area contributed by atoms with Gasteiger partial charge in [0.25, 0.3) is 0 Å². The minimum Gasteiger partial charge on any atom is -0.493 e. The summed E-state index contributed by atoms with van der Waals surface area (Å²) in [7, 11) is 0. The van der Waals surface area contributed by atoms with E-state index in [9.17, 15) is 4.39 Å². The molecule has 0 aliphatic heterocycles. The first-order valence-corrected chi connectivity index (χ1v) is 6.84. The number of hydrogen-bond donors (Lipinski definition) is 1. The van der Waals surface area contributed by atoms with Crippen molar-refractivity contribution < 1.29 is 9.13 Å². The van der Waals surface area contributed by atoms with Gasteiger partial charge in [0.2, 0.25) is 0 Å². The average molecular weight is 251 g/mol. The lowest BCUT2D eigenvalue weighted by Gasteiger charge is -2.21. The van der Waals surface area contributed by atoms with Crippen LogP contribution in [0.5, 0.6) is 5.75 Å². The highest BCUT2D eigenvalue weighted by molar-refractivity contribution is 5.30. The fourth-order valence-corrected chi connectivity index (χ4v) is 2.53. The molecule has 2 nitrogen and oxygen atoms in total. The van der Waals surface area contributed by atoms with Gasteiger partial charge in [-0.05, 0) is 31.7 Å². The fourth-order valence-electron chi connectivity index (χ4n) is 2.53. The van der Waals surface area contributed by atoms with Crippen LogP contribution in [0.15, 0.2) is 18.2 Å². The van der Waals surface area contributed by atoms with E-state index in [-0.39, 0.29) is 11.9 Å². The molecule has 0 spiro atoms. The maximum Gasteiger partial charge on any atom is 0.131 e. The highest BCUT2D eigenvalue weighted by atomic mass is 19.1. The number of nitrogens with two attached hydrogens (primary N) is 1. The number of ether oxygens (including phenoxy) is 1. The standard InChI is InChI=1S/C15H22FNO/c1-11(17)14-8-7-13(9-15(14)16)18-10-12-5-3-2-4-6-12/h7-9,11-12H,2-6,10,17H2,1H3. The summed E-state index contributed by atoms with van der Waals surface area (Å²) in [6.07, 6.45) is 6.41. The molecule has 1 fully saturated rings. The Hall–Kier alpha value is -1.09. The van der Waals surface area contributed by atoms with E-state index in [1.54, 1.807) is 13.0 Å². The fraction of sp³-hybridized carbons (Fsp3) is 0.600. The molecule has 2 rings (SSSR count). The lowest BCUT2D eigenvalue weighted by molar-refractivity contribution is 0.208. The molecule has 1 aromatic carbocycles. The van der Waals surface area contributed by atoms with E-state index < -0.39 is 0 Å². The van der Waals surface area contributed by atoms with Gasteiger partial charge in [0.05, 0.1) is 6.61 Å². The average Bonchev–Trinajstić information content (AvgIpc) is 2.37. The first-order valence-electron chi connectivity index (χ1n) is 6.84. The van der Waals surface area contributed by atoms with Gasteiger partial charge in [-0.2, -0.15) is 0 Å². The Balaban J connectivity index is 1.91. The lowest BCUT2D eigenvalue weighted by Crippen LogP contribution is -2.15. The molecule has 0 bridgehead atoms. The SMILES string of the molecule is CC(N)c1ccc(OCC2CCCCC2)cc1F. The number of halogens is 1. The summed E-state index contributed by atoms with van der Waals surface area (Å²) < 4.78 is 19.4. The minimum atomic E-state index is -0.280. The molecular weight excluding hydrogens is 229 g/mol. The third-order valence-electron chi connectivity index (χ3n) is 3.67. The summed E-state index contributed by atoms with van der Waals surface area (Å²) in [5, 5.41) is 0. The molecular formula is C15H22FNO. The number of hydrogen-bond acceptors (Lipinski definition) is 2. The van der Waals surface area contributed by atoms with E-state index >= 15 is 0 Å². The van der Waals surface area contributed by atoms with Crippen LogP contribution in [0.2, 0.25) is 0 Å². The van der Waals surface area contributed by atoms with Gasteiger partial charge in [0.15, 0.2) is 0 Å². The molecule has 1 aliphatic carbocycles. The van der Waals surface area contributed by atoms with Gasteiger partial charge in [-0.1, -0.05) is 25.3 Å². The van der Waals surface area contributed by atoms with Crippen LogP contribution >= 0.6 is 0 Å². The van der Waals surface area contributed by atoms with Crippen LogP contribution in [-0.2, 0) is 0 Å². The van der Waals surface area contributed by atoms with Crippen molar-refractivity contribution in [2.75, 3.05) is 6.61 Å². The monoisotopic (exact) mass is 251 g/mol. The van der Waals surface area contributed by atoms with Crippen LogP contribution in [0, 0.1) is 11.7 Å². The highest BCUT2D eigenvalue weighted by Gasteiger charge is 2.14. The zero-order chi connectivity index (χ0) is 13.0. The van der Waals surface area contributed by atoms with Crippen LogP contribution < -0.4 is 10.5 Å². The quantitative estimate of drug-likeness (QED) is 0.883. The van der Waals surface area contributed by atoms with Gasteiger partial charge >= 0.3 is 0 Å². The van der Waals surface area contributed by atoms with Crippen molar-refractivity contribution in [3.63, 3.8) is 0 Å². The smallest absolute Gasteiger partial charge is 0.131 e. The Kier molecular flexibility index (Phi) is 4.59. The maximum absolute atomic E-state index is 13.7. The Morgan fingerprint density at radius 3 is 2.67 bits per heavy atom. The first-order chi connectivity index (χ1) is 8.66. The number of rotatable bonds is 4. The van der Waals surface area contributed by atoms with E-state index in [0.29, 0.717) is 23.8 Å². The van der Waals surface area contributed by atoms with E-state index in [4.69, 9.17) is 10.5 Å². The largest absolute Gasteiger partial charge is 0.493 e. The molecule has 1 aliphatic rings. The van der Waals surface area contributed by atoms with Gasteiger partial charge in [-0.3, -0.25) is 0 Å². The van der Waals surface area contributed by atoms with Crippen LogP contribution in [-0.4, -0.2) is 6.61 Å². The van der Waals surface area contributed by atoms with Crippen LogP contribution in [0.1, 0.15) is 50.6 Å². The summed E-state index contributed by atoms with van der Waals surface area (Å²) in [5.41, 5.74) is 6.22. The van der Waals surface area contributed by atoms with Crippen molar-refractivity contribution in [2.45, 2.75) is 45.1 Å². The Morgan fingerprint density at radius 1 is 1.33 bits per heavy atom. The molecule has 0 heterocycles. The maximum atomic E-state index is 13.7. The Labute approximate surface area is 108 Å². The molecule has 100 valence electrons. The van der Waals surface area contributed by atoms with Crippen molar-refractivity contribution >= 4 is 0 Å². The van der Waals surface area contributed by atoms with Gasteiger partial charge < -0.3 is 10.5 Å². The summed E-state index contributed by atoms with van der Waals surface area (Å²) in [4.78, 5) is 0. The number of benzene rings is 1. The topological polar surface area (TPSA) is 35.2 Å². The molecule has 18 heavy (non-hydrogen) atoms. The molecule has 1 saturated carbocycles. The molecule has 0 amide bonds. The summed E-state index contributed by atoms with van der Waals surface area (Å²) >= 11 is 0. The lowest BCUT2D eigenvalue weighted by atomic mass is 9.90. The first kappa shape index (κ1) is 13.3. The van der Waals surface area contributed by atoms with Crippen LogP contribution in [0.25, 0.3) is 0 Å². The predicted octanol–water partition coefficient (Wildman–Crippen LogP) is 3.80. The Bertz CT molecular complexity index is 386. The summed E-state index contributed by atoms with van der Waals surface area (Å²) in [6.45, 7) is 2.48. The van der Waals surface area contributed by atoms with Crippen molar-refractivity contribution in [2.24, 2.45) is 11.7 Å². The molecule has 1 atom stereocenters. The van der Waals surface area contributed by atoms with E-state index in [1.165, 1.54) is 38.2 Å². The van der Waals surface area contributed by atoms with Crippen molar-refractivity contribution in [1.29, 1.82) is 0 Å². The van der Waals surface area contributed by atoms with Crippen LogP contribution in [0.3, 0.4) is 0 Å². The summed E-state index contributed by atoms with van der Waals surface area (Å²) in [6, 6.07) is 4.69. The second-order valence-electron chi connectivity index (χ2n) is 5.29.